The summed E-state index contributed by atoms with van der Waals surface area (Å²) in [6, 6.07) is 6.78. The second-order valence-electron chi connectivity index (χ2n) is 4.74. The fourth-order valence-electron chi connectivity index (χ4n) is 2.22. The summed E-state index contributed by atoms with van der Waals surface area (Å²) in [4.78, 5) is 6.70. The van der Waals surface area contributed by atoms with Crippen LogP contribution in [-0.2, 0) is 0 Å². The second-order valence-corrected chi connectivity index (χ2v) is 5.18. The molecule has 1 saturated heterocycles. The molecule has 0 radical (unpaired) electrons. The maximum atomic E-state index is 5.95. The molecule has 1 aromatic heterocycles. The molecule has 0 unspecified atom stereocenters. The van der Waals surface area contributed by atoms with Crippen LogP contribution in [-0.4, -0.2) is 30.7 Å². The highest BCUT2D eigenvalue weighted by Crippen LogP contribution is 2.25. The summed E-state index contributed by atoms with van der Waals surface area (Å²) in [5.41, 5.74) is 1.61. The van der Waals surface area contributed by atoms with Gasteiger partial charge in [0.1, 0.15) is 5.52 Å². The third-order valence-electron chi connectivity index (χ3n) is 3.32. The zero-order valence-corrected chi connectivity index (χ0v) is 14.7. The van der Waals surface area contributed by atoms with Gasteiger partial charge in [-0.1, -0.05) is 11.6 Å². The Labute approximate surface area is 147 Å². The molecule has 1 aromatic carbocycles. The molecule has 0 amide bonds. The fourth-order valence-corrected chi connectivity index (χ4v) is 2.39. The summed E-state index contributed by atoms with van der Waals surface area (Å²) in [7, 11) is 0. The lowest BCUT2D eigenvalue weighted by atomic mass is 10.2. The maximum Gasteiger partial charge on any atom is 0.298 e. The van der Waals surface area contributed by atoms with Gasteiger partial charge in [0.05, 0.1) is 0 Å². The Hall–Kier alpha value is -0.390. The van der Waals surface area contributed by atoms with Crippen LogP contribution in [0.25, 0.3) is 11.1 Å². The van der Waals surface area contributed by atoms with E-state index in [0.29, 0.717) is 17.1 Å². The van der Waals surface area contributed by atoms with Crippen LogP contribution in [0.2, 0.25) is 5.02 Å². The van der Waals surface area contributed by atoms with Crippen molar-refractivity contribution >= 4 is 65.9 Å². The predicted octanol–water partition coefficient (Wildman–Crippen LogP) is 3.93. The summed E-state index contributed by atoms with van der Waals surface area (Å²) in [6.07, 6.45) is 1.10. The monoisotopic (exact) mass is 373 g/mol. The number of anilines is 1. The van der Waals surface area contributed by atoms with Crippen LogP contribution in [0.15, 0.2) is 22.6 Å². The largest absolute Gasteiger partial charge is 0.423 e. The third kappa shape index (κ3) is 4.80. The highest BCUT2D eigenvalue weighted by molar-refractivity contribution is 6.31. The van der Waals surface area contributed by atoms with Crippen LogP contribution in [0, 0.1) is 0 Å². The van der Waals surface area contributed by atoms with Crippen LogP contribution in [0.1, 0.15) is 13.3 Å². The first-order valence-electron chi connectivity index (χ1n) is 6.27. The molecule has 2 heterocycles. The standard InChI is InChI=1S/C13H16ClN3O.3ClH/c1-9-4-6-17(7-5-15-9)13-16-11-8-10(14)2-3-12(11)18-13;;;/h2-3,8-9,15H,4-7H2,1H3;3*1H/t9-;;;/m1.../s1. The van der Waals surface area contributed by atoms with Gasteiger partial charge in [-0.05, 0) is 31.5 Å². The molecule has 0 aliphatic carbocycles. The lowest BCUT2D eigenvalue weighted by Gasteiger charge is -2.16. The number of oxazole rings is 1. The molecule has 21 heavy (non-hydrogen) atoms. The van der Waals surface area contributed by atoms with Gasteiger partial charge in [-0.15, -0.1) is 37.2 Å². The predicted molar refractivity (Wildman–Crippen MR) is 95.1 cm³/mol. The van der Waals surface area contributed by atoms with Crippen molar-refractivity contribution < 1.29 is 4.42 Å². The Morgan fingerprint density at radius 2 is 2.05 bits per heavy atom. The summed E-state index contributed by atoms with van der Waals surface area (Å²) < 4.78 is 5.78. The van der Waals surface area contributed by atoms with Crippen LogP contribution in [0.3, 0.4) is 0 Å². The molecule has 120 valence electrons. The van der Waals surface area contributed by atoms with E-state index in [0.717, 1.165) is 37.2 Å². The number of hydrogen-bond donors (Lipinski definition) is 1. The Balaban J connectivity index is 0.00000133. The normalized spacial score (nSPS) is 18.2. The van der Waals surface area contributed by atoms with Crippen LogP contribution < -0.4 is 10.2 Å². The minimum absolute atomic E-state index is 0. The zero-order chi connectivity index (χ0) is 12.5. The Morgan fingerprint density at radius 3 is 2.81 bits per heavy atom. The number of benzene rings is 1. The van der Waals surface area contributed by atoms with E-state index in [-0.39, 0.29) is 37.2 Å². The number of aromatic nitrogens is 1. The number of nitrogens with zero attached hydrogens (tertiary/aromatic N) is 2. The Kier molecular flexibility index (Phi) is 8.74. The Bertz CT molecular complexity index is 563. The summed E-state index contributed by atoms with van der Waals surface area (Å²) >= 11 is 5.95. The molecular weight excluding hydrogens is 356 g/mol. The quantitative estimate of drug-likeness (QED) is 0.820. The van der Waals surface area contributed by atoms with Crippen LogP contribution >= 0.6 is 48.8 Å². The van der Waals surface area contributed by atoms with Crippen molar-refractivity contribution in [3.63, 3.8) is 0 Å². The van der Waals surface area contributed by atoms with Crippen LogP contribution in [0.5, 0.6) is 0 Å². The second kappa shape index (κ2) is 8.91. The van der Waals surface area contributed by atoms with Gasteiger partial charge in [-0.25, -0.2) is 0 Å². The minimum Gasteiger partial charge on any atom is -0.423 e. The lowest BCUT2D eigenvalue weighted by Crippen LogP contribution is -2.29. The molecule has 8 heteroatoms. The maximum absolute atomic E-state index is 5.95. The van der Waals surface area contributed by atoms with E-state index in [2.05, 4.69) is 22.1 Å². The van der Waals surface area contributed by atoms with E-state index < -0.39 is 0 Å². The van der Waals surface area contributed by atoms with Crippen molar-refractivity contribution in [1.29, 1.82) is 0 Å². The number of rotatable bonds is 1. The van der Waals surface area contributed by atoms with Gasteiger partial charge in [0, 0.05) is 30.7 Å². The first-order chi connectivity index (χ1) is 8.72. The van der Waals surface area contributed by atoms with Crippen LogP contribution in [0.4, 0.5) is 6.01 Å². The number of nitrogens with one attached hydrogen (secondary N) is 1. The number of halogens is 4. The van der Waals surface area contributed by atoms with Gasteiger partial charge in [0.15, 0.2) is 5.58 Å². The number of fused-ring (bicyclic) bond motifs is 1. The molecule has 0 saturated carbocycles. The molecule has 3 rings (SSSR count). The molecule has 1 N–H and O–H groups in total. The van der Waals surface area contributed by atoms with Gasteiger partial charge >= 0.3 is 0 Å². The topological polar surface area (TPSA) is 41.3 Å². The van der Waals surface area contributed by atoms with Crippen molar-refractivity contribution in [2.45, 2.75) is 19.4 Å². The van der Waals surface area contributed by atoms with E-state index >= 15 is 0 Å². The molecule has 2 aromatic rings. The summed E-state index contributed by atoms with van der Waals surface area (Å²) in [5, 5.41) is 4.14. The minimum atomic E-state index is 0. The molecular formula is C13H19Cl4N3O. The average molecular weight is 375 g/mol. The molecule has 1 atom stereocenters. The van der Waals surface area contributed by atoms with E-state index in [4.69, 9.17) is 16.0 Å². The summed E-state index contributed by atoms with van der Waals surface area (Å²) in [5.74, 6) is 0. The summed E-state index contributed by atoms with van der Waals surface area (Å²) in [6.45, 7) is 5.05. The van der Waals surface area contributed by atoms with Crippen molar-refractivity contribution in [3.05, 3.63) is 23.2 Å². The Morgan fingerprint density at radius 1 is 1.29 bits per heavy atom. The first-order valence-corrected chi connectivity index (χ1v) is 6.64. The van der Waals surface area contributed by atoms with Crippen molar-refractivity contribution in [2.24, 2.45) is 0 Å². The van der Waals surface area contributed by atoms with Gasteiger partial charge in [0.2, 0.25) is 0 Å². The molecule has 1 aliphatic heterocycles. The fraction of sp³-hybridized carbons (Fsp3) is 0.462. The highest BCUT2D eigenvalue weighted by Gasteiger charge is 2.18. The zero-order valence-electron chi connectivity index (χ0n) is 11.5. The van der Waals surface area contributed by atoms with Crippen molar-refractivity contribution in [1.82, 2.24) is 10.3 Å². The van der Waals surface area contributed by atoms with Gasteiger partial charge < -0.3 is 14.6 Å². The first kappa shape index (κ1) is 20.6. The van der Waals surface area contributed by atoms with Crippen molar-refractivity contribution in [3.8, 4) is 0 Å². The molecule has 1 aliphatic rings. The smallest absolute Gasteiger partial charge is 0.298 e. The SMILES string of the molecule is C[C@@H]1CCN(c2nc3cc(Cl)ccc3o2)CCN1.Cl.Cl.Cl. The molecule has 0 bridgehead atoms. The van der Waals surface area contributed by atoms with Gasteiger partial charge in [-0.3, -0.25) is 0 Å². The van der Waals surface area contributed by atoms with E-state index in [9.17, 15) is 0 Å². The average Bonchev–Trinajstić information content (AvgIpc) is 2.63. The molecule has 0 spiro atoms. The van der Waals surface area contributed by atoms with E-state index in [1.807, 2.05) is 18.2 Å². The third-order valence-corrected chi connectivity index (χ3v) is 3.55. The van der Waals surface area contributed by atoms with Crippen molar-refractivity contribution in [2.75, 3.05) is 24.5 Å². The molecule has 4 nitrogen and oxygen atoms in total. The van der Waals surface area contributed by atoms with E-state index in [1.165, 1.54) is 0 Å². The molecule has 1 fully saturated rings. The van der Waals surface area contributed by atoms with E-state index in [1.54, 1.807) is 0 Å². The number of hydrogen-bond acceptors (Lipinski definition) is 4. The van der Waals surface area contributed by atoms with Gasteiger partial charge in [-0.2, -0.15) is 4.98 Å². The lowest BCUT2D eigenvalue weighted by molar-refractivity contribution is 0.559. The van der Waals surface area contributed by atoms with Gasteiger partial charge in [0.25, 0.3) is 6.01 Å². The highest BCUT2D eigenvalue weighted by atomic mass is 35.5.